The van der Waals surface area contributed by atoms with Gasteiger partial charge in [-0.2, -0.15) is 0 Å². The summed E-state index contributed by atoms with van der Waals surface area (Å²) in [7, 11) is 1.73. The Balaban J connectivity index is 2.29. The first-order valence-electron chi connectivity index (χ1n) is 7.13. The first kappa shape index (κ1) is 14.4. The van der Waals surface area contributed by atoms with Crippen LogP contribution in [-0.4, -0.2) is 7.11 Å². The summed E-state index contributed by atoms with van der Waals surface area (Å²) in [6.07, 6.45) is 1.04. The Labute approximate surface area is 121 Å². The van der Waals surface area contributed by atoms with E-state index < -0.39 is 0 Å². The second-order valence-corrected chi connectivity index (χ2v) is 5.10. The van der Waals surface area contributed by atoms with Gasteiger partial charge in [0.05, 0.1) is 13.2 Å². The molecular formula is C18H23NO. The number of rotatable bonds is 5. The summed E-state index contributed by atoms with van der Waals surface area (Å²) in [5.41, 5.74) is 4.79. The van der Waals surface area contributed by atoms with Gasteiger partial charge >= 0.3 is 0 Å². The van der Waals surface area contributed by atoms with Crippen molar-refractivity contribution in [2.24, 2.45) is 0 Å². The van der Waals surface area contributed by atoms with Crippen molar-refractivity contribution in [3.63, 3.8) is 0 Å². The zero-order chi connectivity index (χ0) is 14.5. The third-order valence-corrected chi connectivity index (χ3v) is 3.75. The standard InChI is InChI=1S/C18H23NO/c1-5-16(15-9-7-6-8-10-15)19-17-12-11-13(2)18(20-4)14(17)3/h6-12,16,19H,5H2,1-4H3. The van der Waals surface area contributed by atoms with E-state index >= 15 is 0 Å². The molecule has 20 heavy (non-hydrogen) atoms. The van der Waals surface area contributed by atoms with Gasteiger partial charge in [0.25, 0.3) is 0 Å². The third kappa shape index (κ3) is 2.96. The molecule has 0 aromatic heterocycles. The third-order valence-electron chi connectivity index (χ3n) is 3.75. The Morgan fingerprint density at radius 2 is 1.75 bits per heavy atom. The molecule has 0 bridgehead atoms. The molecule has 0 amide bonds. The Morgan fingerprint density at radius 3 is 2.35 bits per heavy atom. The summed E-state index contributed by atoms with van der Waals surface area (Å²) in [5.74, 6) is 0.970. The molecule has 0 aliphatic heterocycles. The Hall–Kier alpha value is -1.96. The van der Waals surface area contributed by atoms with E-state index in [1.54, 1.807) is 7.11 Å². The zero-order valence-corrected chi connectivity index (χ0v) is 12.7. The monoisotopic (exact) mass is 269 g/mol. The molecule has 2 aromatic rings. The van der Waals surface area contributed by atoms with E-state index in [1.807, 2.05) is 0 Å². The number of ether oxygens (including phenoxy) is 1. The van der Waals surface area contributed by atoms with Crippen LogP contribution in [0.4, 0.5) is 5.69 Å². The summed E-state index contributed by atoms with van der Waals surface area (Å²) in [6.45, 7) is 6.38. The molecule has 0 spiro atoms. The molecule has 1 unspecified atom stereocenters. The van der Waals surface area contributed by atoms with Crippen LogP contribution < -0.4 is 10.1 Å². The minimum atomic E-state index is 0.322. The molecule has 0 saturated carbocycles. The minimum absolute atomic E-state index is 0.322. The number of methoxy groups -OCH3 is 1. The molecule has 1 atom stereocenters. The molecule has 106 valence electrons. The molecule has 2 nitrogen and oxygen atoms in total. The molecular weight excluding hydrogens is 246 g/mol. The summed E-state index contributed by atoms with van der Waals surface area (Å²) in [4.78, 5) is 0. The van der Waals surface area contributed by atoms with Crippen LogP contribution in [0, 0.1) is 13.8 Å². The van der Waals surface area contributed by atoms with Crippen LogP contribution >= 0.6 is 0 Å². The zero-order valence-electron chi connectivity index (χ0n) is 12.7. The molecule has 2 aromatic carbocycles. The lowest BCUT2D eigenvalue weighted by atomic mass is 10.0. The number of anilines is 1. The number of aryl methyl sites for hydroxylation is 1. The van der Waals surface area contributed by atoms with E-state index in [1.165, 1.54) is 16.7 Å². The van der Waals surface area contributed by atoms with Gasteiger partial charge in [-0.25, -0.2) is 0 Å². The first-order chi connectivity index (χ1) is 9.67. The molecule has 1 N–H and O–H groups in total. The van der Waals surface area contributed by atoms with Crippen molar-refractivity contribution in [1.82, 2.24) is 0 Å². The van der Waals surface area contributed by atoms with Gasteiger partial charge in [0.15, 0.2) is 0 Å². The van der Waals surface area contributed by atoms with E-state index in [-0.39, 0.29) is 0 Å². The van der Waals surface area contributed by atoms with Crippen molar-refractivity contribution in [3.8, 4) is 5.75 Å². The average molecular weight is 269 g/mol. The molecule has 2 heteroatoms. The van der Waals surface area contributed by atoms with Gasteiger partial charge in [0.2, 0.25) is 0 Å². The van der Waals surface area contributed by atoms with Crippen LogP contribution in [0.5, 0.6) is 5.75 Å². The second kappa shape index (κ2) is 6.47. The lowest BCUT2D eigenvalue weighted by Crippen LogP contribution is -2.11. The lowest BCUT2D eigenvalue weighted by molar-refractivity contribution is 0.409. The van der Waals surface area contributed by atoms with Crippen molar-refractivity contribution in [2.45, 2.75) is 33.2 Å². The highest BCUT2D eigenvalue weighted by atomic mass is 16.5. The van der Waals surface area contributed by atoms with Crippen molar-refractivity contribution in [1.29, 1.82) is 0 Å². The Kier molecular flexibility index (Phi) is 4.67. The van der Waals surface area contributed by atoms with Gasteiger partial charge < -0.3 is 10.1 Å². The maximum Gasteiger partial charge on any atom is 0.126 e. The molecule has 0 saturated heterocycles. The quantitative estimate of drug-likeness (QED) is 0.835. The van der Waals surface area contributed by atoms with Crippen molar-refractivity contribution >= 4 is 5.69 Å². The van der Waals surface area contributed by atoms with E-state index in [0.717, 1.165) is 17.9 Å². The van der Waals surface area contributed by atoms with Gasteiger partial charge in [-0.15, -0.1) is 0 Å². The molecule has 0 radical (unpaired) electrons. The van der Waals surface area contributed by atoms with Crippen LogP contribution in [0.15, 0.2) is 42.5 Å². The Bertz CT molecular complexity index is 563. The maximum absolute atomic E-state index is 5.50. The van der Waals surface area contributed by atoms with Gasteiger partial charge in [-0.1, -0.05) is 43.3 Å². The minimum Gasteiger partial charge on any atom is -0.496 e. The molecule has 0 fully saturated rings. The normalized spacial score (nSPS) is 12.0. The van der Waals surface area contributed by atoms with E-state index in [0.29, 0.717) is 6.04 Å². The van der Waals surface area contributed by atoms with Gasteiger partial charge in [0.1, 0.15) is 5.75 Å². The predicted molar refractivity (Wildman–Crippen MR) is 85.6 cm³/mol. The van der Waals surface area contributed by atoms with E-state index in [4.69, 9.17) is 4.74 Å². The average Bonchev–Trinajstić information content (AvgIpc) is 2.48. The Morgan fingerprint density at radius 1 is 1.05 bits per heavy atom. The number of hydrogen-bond donors (Lipinski definition) is 1. The fourth-order valence-corrected chi connectivity index (χ4v) is 2.59. The van der Waals surface area contributed by atoms with E-state index in [2.05, 4.69) is 68.6 Å². The molecule has 0 aliphatic rings. The van der Waals surface area contributed by atoms with Crippen molar-refractivity contribution < 1.29 is 4.74 Å². The topological polar surface area (TPSA) is 21.3 Å². The fourth-order valence-electron chi connectivity index (χ4n) is 2.59. The van der Waals surface area contributed by atoms with Crippen LogP contribution in [0.2, 0.25) is 0 Å². The lowest BCUT2D eigenvalue weighted by Gasteiger charge is -2.22. The maximum atomic E-state index is 5.50. The summed E-state index contributed by atoms with van der Waals surface area (Å²) >= 11 is 0. The highest BCUT2D eigenvalue weighted by molar-refractivity contribution is 5.60. The smallest absolute Gasteiger partial charge is 0.126 e. The van der Waals surface area contributed by atoms with Crippen molar-refractivity contribution in [2.75, 3.05) is 12.4 Å². The van der Waals surface area contributed by atoms with Crippen LogP contribution in [0.25, 0.3) is 0 Å². The van der Waals surface area contributed by atoms with Crippen molar-refractivity contribution in [3.05, 3.63) is 59.2 Å². The van der Waals surface area contributed by atoms with Crippen LogP contribution in [0.3, 0.4) is 0 Å². The SMILES string of the molecule is CCC(Nc1ccc(C)c(OC)c1C)c1ccccc1. The van der Waals surface area contributed by atoms with E-state index in [9.17, 15) is 0 Å². The summed E-state index contributed by atoms with van der Waals surface area (Å²) in [5, 5.41) is 3.64. The van der Waals surface area contributed by atoms with Crippen LogP contribution in [-0.2, 0) is 0 Å². The van der Waals surface area contributed by atoms with Crippen LogP contribution in [0.1, 0.15) is 36.1 Å². The van der Waals surface area contributed by atoms with Gasteiger partial charge in [-0.05, 0) is 37.5 Å². The van der Waals surface area contributed by atoms with Gasteiger partial charge in [-0.3, -0.25) is 0 Å². The molecule has 0 heterocycles. The number of nitrogens with one attached hydrogen (secondary N) is 1. The number of hydrogen-bond acceptors (Lipinski definition) is 2. The molecule has 0 aliphatic carbocycles. The summed E-state index contributed by atoms with van der Waals surface area (Å²) < 4.78 is 5.50. The molecule has 2 rings (SSSR count). The highest BCUT2D eigenvalue weighted by Crippen LogP contribution is 2.32. The number of benzene rings is 2. The second-order valence-electron chi connectivity index (χ2n) is 5.10. The van der Waals surface area contributed by atoms with Gasteiger partial charge in [0, 0.05) is 11.3 Å². The first-order valence-corrected chi connectivity index (χ1v) is 7.13. The fraction of sp³-hybridized carbons (Fsp3) is 0.333. The summed E-state index contributed by atoms with van der Waals surface area (Å²) in [6, 6.07) is 15.1. The largest absolute Gasteiger partial charge is 0.496 e. The highest BCUT2D eigenvalue weighted by Gasteiger charge is 2.13. The predicted octanol–water partition coefficient (Wildman–Crippen LogP) is 4.88.